The Morgan fingerprint density at radius 2 is 2.00 bits per heavy atom. The highest BCUT2D eigenvalue weighted by Crippen LogP contribution is 2.51. The van der Waals surface area contributed by atoms with Gasteiger partial charge in [0.05, 0.1) is 4.08 Å². The lowest BCUT2D eigenvalue weighted by Crippen LogP contribution is -2.24. The van der Waals surface area contributed by atoms with Crippen molar-refractivity contribution in [3.05, 3.63) is 0 Å². The molecule has 2 fully saturated rings. The first-order chi connectivity index (χ1) is 5.22. The number of likely N-dealkylation sites (tertiary alicyclic amines) is 1. The van der Waals surface area contributed by atoms with E-state index in [-0.39, 0.29) is 0 Å². The molecule has 2 heterocycles. The van der Waals surface area contributed by atoms with Crippen molar-refractivity contribution in [2.24, 2.45) is 0 Å². The molecule has 0 aromatic heterocycles. The van der Waals surface area contributed by atoms with Crippen molar-refractivity contribution in [2.45, 2.75) is 23.5 Å². The quantitative estimate of drug-likeness (QED) is 0.573. The molecule has 2 saturated heterocycles. The summed E-state index contributed by atoms with van der Waals surface area (Å²) in [5.41, 5.74) is 0. The third-order valence-corrected chi connectivity index (χ3v) is 6.09. The Morgan fingerprint density at radius 3 is 2.45 bits per heavy atom. The molecule has 0 aliphatic carbocycles. The van der Waals surface area contributed by atoms with Gasteiger partial charge in [-0.15, -0.1) is 23.5 Å². The van der Waals surface area contributed by atoms with Gasteiger partial charge in [0.25, 0.3) is 0 Å². The molecule has 1 unspecified atom stereocenters. The zero-order valence-corrected chi connectivity index (χ0v) is 8.80. The Morgan fingerprint density at radius 1 is 1.36 bits per heavy atom. The fourth-order valence-electron chi connectivity index (χ4n) is 1.91. The lowest BCUT2D eigenvalue weighted by Gasteiger charge is -2.19. The van der Waals surface area contributed by atoms with E-state index in [0.717, 1.165) is 6.04 Å². The van der Waals surface area contributed by atoms with Crippen LogP contribution in [-0.4, -0.2) is 40.1 Å². The number of nitrogens with zero attached hydrogens (tertiary/aromatic N) is 1. The number of rotatable bonds is 0. The maximum Gasteiger partial charge on any atom is 0.0752 e. The van der Waals surface area contributed by atoms with Crippen molar-refractivity contribution >= 4 is 23.5 Å². The Bertz CT molecular complexity index is 142. The number of thioether (sulfide) groups is 2. The van der Waals surface area contributed by atoms with E-state index in [1.807, 2.05) is 0 Å². The van der Waals surface area contributed by atoms with Gasteiger partial charge in [-0.05, 0) is 20.4 Å². The molecule has 1 spiro atoms. The minimum atomic E-state index is 0.591. The second kappa shape index (κ2) is 2.86. The van der Waals surface area contributed by atoms with Crippen molar-refractivity contribution in [1.82, 2.24) is 4.90 Å². The number of hydrogen-bond acceptors (Lipinski definition) is 3. The van der Waals surface area contributed by atoms with Crippen LogP contribution >= 0.6 is 23.5 Å². The Balaban J connectivity index is 2.06. The predicted octanol–water partition coefficient (Wildman–Crippen LogP) is 1.89. The van der Waals surface area contributed by atoms with Gasteiger partial charge in [0.1, 0.15) is 0 Å². The minimum absolute atomic E-state index is 0.591. The van der Waals surface area contributed by atoms with Crippen LogP contribution in [0.1, 0.15) is 13.3 Å². The summed E-state index contributed by atoms with van der Waals surface area (Å²) in [5, 5.41) is 0. The molecular weight excluding hydrogens is 174 g/mol. The van der Waals surface area contributed by atoms with Crippen molar-refractivity contribution < 1.29 is 0 Å². The van der Waals surface area contributed by atoms with E-state index in [9.17, 15) is 0 Å². The molecule has 0 saturated carbocycles. The molecule has 0 amide bonds. The lowest BCUT2D eigenvalue weighted by atomic mass is 10.2. The highest BCUT2D eigenvalue weighted by Gasteiger charge is 2.43. The van der Waals surface area contributed by atoms with Crippen LogP contribution in [0, 0.1) is 0 Å². The molecule has 2 aliphatic heterocycles. The van der Waals surface area contributed by atoms with Crippen LogP contribution < -0.4 is 0 Å². The van der Waals surface area contributed by atoms with Crippen molar-refractivity contribution in [2.75, 3.05) is 25.1 Å². The average molecular weight is 189 g/mol. The van der Waals surface area contributed by atoms with Gasteiger partial charge in [0, 0.05) is 24.1 Å². The molecule has 2 aliphatic rings. The maximum absolute atomic E-state index is 2.49. The molecule has 0 radical (unpaired) electrons. The first-order valence-electron chi connectivity index (χ1n) is 4.20. The summed E-state index contributed by atoms with van der Waals surface area (Å²) in [6.45, 7) is 3.64. The van der Waals surface area contributed by atoms with Gasteiger partial charge in [-0.2, -0.15) is 0 Å². The molecule has 0 N–H and O–H groups in total. The highest BCUT2D eigenvalue weighted by atomic mass is 32.2. The summed E-state index contributed by atoms with van der Waals surface area (Å²) >= 11 is 4.36. The highest BCUT2D eigenvalue weighted by molar-refractivity contribution is 8.21. The van der Waals surface area contributed by atoms with Crippen molar-refractivity contribution in [1.29, 1.82) is 0 Å². The topological polar surface area (TPSA) is 3.24 Å². The fraction of sp³-hybridized carbons (Fsp3) is 1.00. The van der Waals surface area contributed by atoms with Crippen molar-refractivity contribution in [3.8, 4) is 0 Å². The van der Waals surface area contributed by atoms with Crippen LogP contribution in [0.15, 0.2) is 0 Å². The largest absolute Gasteiger partial charge is 0.301 e. The van der Waals surface area contributed by atoms with Crippen molar-refractivity contribution in [3.63, 3.8) is 0 Å². The van der Waals surface area contributed by atoms with Gasteiger partial charge >= 0.3 is 0 Å². The second-order valence-corrected chi connectivity index (χ2v) is 6.79. The van der Waals surface area contributed by atoms with Gasteiger partial charge in [0.15, 0.2) is 0 Å². The van der Waals surface area contributed by atoms with Crippen LogP contribution in [0.4, 0.5) is 0 Å². The van der Waals surface area contributed by atoms with E-state index in [2.05, 4.69) is 42.4 Å². The van der Waals surface area contributed by atoms with Crippen LogP contribution in [0.25, 0.3) is 0 Å². The molecule has 1 atom stereocenters. The molecule has 0 aromatic rings. The van der Waals surface area contributed by atoms with Gasteiger partial charge in [-0.25, -0.2) is 0 Å². The average Bonchev–Trinajstić information content (AvgIpc) is 2.46. The van der Waals surface area contributed by atoms with Gasteiger partial charge < -0.3 is 4.90 Å². The zero-order valence-electron chi connectivity index (χ0n) is 7.17. The first kappa shape index (κ1) is 8.27. The number of hydrogen-bond donors (Lipinski definition) is 0. The summed E-state index contributed by atoms with van der Waals surface area (Å²) in [5.74, 6) is 2.73. The van der Waals surface area contributed by atoms with Gasteiger partial charge in [0.2, 0.25) is 0 Å². The smallest absolute Gasteiger partial charge is 0.0752 e. The van der Waals surface area contributed by atoms with E-state index >= 15 is 0 Å². The first-order valence-corrected chi connectivity index (χ1v) is 6.17. The summed E-state index contributed by atoms with van der Waals surface area (Å²) in [7, 11) is 2.25. The van der Waals surface area contributed by atoms with E-state index in [1.165, 1.54) is 24.5 Å². The third kappa shape index (κ3) is 1.43. The van der Waals surface area contributed by atoms with Crippen LogP contribution in [0.2, 0.25) is 0 Å². The molecular formula is C8H15NS2. The van der Waals surface area contributed by atoms with E-state index in [1.54, 1.807) is 0 Å². The summed E-state index contributed by atoms with van der Waals surface area (Å²) in [6, 6.07) is 0.799. The summed E-state index contributed by atoms with van der Waals surface area (Å²) in [4.78, 5) is 2.49. The minimum Gasteiger partial charge on any atom is -0.301 e. The van der Waals surface area contributed by atoms with Crippen LogP contribution in [0.3, 0.4) is 0 Å². The second-order valence-electron chi connectivity index (χ2n) is 3.58. The van der Waals surface area contributed by atoms with Crippen LogP contribution in [-0.2, 0) is 0 Å². The Hall–Kier alpha value is 0.660. The monoisotopic (exact) mass is 189 g/mol. The predicted molar refractivity (Wildman–Crippen MR) is 54.4 cm³/mol. The summed E-state index contributed by atoms with van der Waals surface area (Å²) < 4.78 is 0.591. The Kier molecular flexibility index (Phi) is 2.15. The third-order valence-electron chi connectivity index (χ3n) is 2.66. The fourth-order valence-corrected chi connectivity index (χ4v) is 5.46. The van der Waals surface area contributed by atoms with Crippen LogP contribution in [0.5, 0.6) is 0 Å². The SMILES string of the molecule is CC1CC2(CN1C)SCCS2. The maximum atomic E-state index is 2.49. The summed E-state index contributed by atoms with van der Waals surface area (Å²) in [6.07, 6.45) is 1.39. The normalized spacial score (nSPS) is 37.1. The molecule has 3 heteroatoms. The Labute approximate surface area is 77.3 Å². The molecule has 1 nitrogen and oxygen atoms in total. The molecule has 2 rings (SSSR count). The molecule has 64 valence electrons. The molecule has 0 aromatic carbocycles. The molecule has 0 bridgehead atoms. The molecule has 11 heavy (non-hydrogen) atoms. The zero-order chi connectivity index (χ0) is 7.90. The van der Waals surface area contributed by atoms with Gasteiger partial charge in [-0.1, -0.05) is 0 Å². The van der Waals surface area contributed by atoms with Gasteiger partial charge in [-0.3, -0.25) is 0 Å². The standard InChI is InChI=1S/C8H15NS2/c1-7-5-8(6-9(7)2)10-3-4-11-8/h7H,3-6H2,1-2H3. The lowest BCUT2D eigenvalue weighted by molar-refractivity contribution is 0.330. The van der Waals surface area contributed by atoms with E-state index < -0.39 is 0 Å². The van der Waals surface area contributed by atoms with E-state index in [4.69, 9.17) is 0 Å². The van der Waals surface area contributed by atoms with E-state index in [0.29, 0.717) is 4.08 Å².